The van der Waals surface area contributed by atoms with E-state index < -0.39 is 5.92 Å². The molecule has 1 atom stereocenters. The molecule has 21 heavy (non-hydrogen) atoms. The number of carbonyl (C=O) groups is 1. The van der Waals surface area contributed by atoms with E-state index in [0.717, 1.165) is 5.56 Å². The quantitative estimate of drug-likeness (QED) is 0.913. The van der Waals surface area contributed by atoms with E-state index in [9.17, 15) is 10.1 Å². The van der Waals surface area contributed by atoms with Crippen LogP contribution in [-0.2, 0) is 11.2 Å². The number of carbonyl (C=O) groups excluding carboxylic acids is 1. The van der Waals surface area contributed by atoms with Gasteiger partial charge in [-0.25, -0.2) is 0 Å². The molecule has 106 valence electrons. The van der Waals surface area contributed by atoms with Crippen LogP contribution in [0.25, 0.3) is 0 Å². The highest BCUT2D eigenvalue weighted by atomic mass is 16.5. The highest BCUT2D eigenvalue weighted by Crippen LogP contribution is 2.23. The van der Waals surface area contributed by atoms with Crippen LogP contribution in [0, 0.1) is 17.2 Å². The van der Waals surface area contributed by atoms with Crippen LogP contribution in [0.5, 0.6) is 5.75 Å². The van der Waals surface area contributed by atoms with Crippen LogP contribution < -0.4 is 10.1 Å². The number of rotatable bonds is 5. The molecule has 0 saturated carbocycles. The fourth-order valence-electron chi connectivity index (χ4n) is 1.92. The molecular weight excluding hydrogens is 266 g/mol. The SMILES string of the molecule is COc1ccccc1NC(=O)[C@@H](C#N)Cc1cccnc1. The number of pyridine rings is 1. The Morgan fingerprint density at radius 1 is 1.38 bits per heavy atom. The van der Waals surface area contributed by atoms with Crippen LogP contribution in [0.2, 0.25) is 0 Å². The van der Waals surface area contributed by atoms with Crippen LogP contribution >= 0.6 is 0 Å². The van der Waals surface area contributed by atoms with Gasteiger partial charge in [0.25, 0.3) is 0 Å². The molecule has 0 unspecified atom stereocenters. The van der Waals surface area contributed by atoms with Crippen molar-refractivity contribution in [2.24, 2.45) is 5.92 Å². The van der Waals surface area contributed by atoms with Gasteiger partial charge >= 0.3 is 0 Å². The first-order chi connectivity index (χ1) is 10.2. The zero-order valence-electron chi connectivity index (χ0n) is 11.6. The summed E-state index contributed by atoms with van der Waals surface area (Å²) in [6.45, 7) is 0. The fourth-order valence-corrected chi connectivity index (χ4v) is 1.92. The molecular formula is C16H15N3O2. The van der Waals surface area contributed by atoms with E-state index in [-0.39, 0.29) is 5.91 Å². The van der Waals surface area contributed by atoms with Crippen molar-refractivity contribution in [3.8, 4) is 11.8 Å². The predicted octanol–water partition coefficient (Wildman–Crippen LogP) is 2.41. The molecule has 1 heterocycles. The van der Waals surface area contributed by atoms with Gasteiger partial charge in [-0.2, -0.15) is 5.26 Å². The van der Waals surface area contributed by atoms with Gasteiger partial charge in [-0.1, -0.05) is 18.2 Å². The van der Waals surface area contributed by atoms with Gasteiger partial charge < -0.3 is 10.1 Å². The van der Waals surface area contributed by atoms with Crippen LogP contribution in [0.1, 0.15) is 5.56 Å². The largest absolute Gasteiger partial charge is 0.495 e. The van der Waals surface area contributed by atoms with Crippen molar-refractivity contribution in [2.75, 3.05) is 12.4 Å². The van der Waals surface area contributed by atoms with Crippen LogP contribution in [0.15, 0.2) is 48.8 Å². The lowest BCUT2D eigenvalue weighted by molar-refractivity contribution is -0.118. The first kappa shape index (κ1) is 14.5. The average Bonchev–Trinajstić information content (AvgIpc) is 2.54. The first-order valence-corrected chi connectivity index (χ1v) is 6.47. The summed E-state index contributed by atoms with van der Waals surface area (Å²) in [5, 5.41) is 11.9. The van der Waals surface area contributed by atoms with E-state index >= 15 is 0 Å². The molecule has 0 radical (unpaired) electrons. The molecule has 1 N–H and O–H groups in total. The first-order valence-electron chi connectivity index (χ1n) is 6.47. The van der Waals surface area contributed by atoms with Crippen molar-refractivity contribution < 1.29 is 9.53 Å². The number of ether oxygens (including phenoxy) is 1. The summed E-state index contributed by atoms with van der Waals surface area (Å²) in [5.74, 6) is -0.575. The minimum Gasteiger partial charge on any atom is -0.495 e. The zero-order chi connectivity index (χ0) is 15.1. The molecule has 5 heteroatoms. The number of para-hydroxylation sites is 2. The maximum absolute atomic E-state index is 12.2. The lowest BCUT2D eigenvalue weighted by Gasteiger charge is -2.12. The summed E-state index contributed by atoms with van der Waals surface area (Å²) >= 11 is 0. The van der Waals surface area contributed by atoms with Gasteiger partial charge in [0.1, 0.15) is 11.7 Å². The van der Waals surface area contributed by atoms with Crippen molar-refractivity contribution in [3.05, 3.63) is 54.4 Å². The molecule has 1 amide bonds. The molecule has 0 fully saturated rings. The van der Waals surface area contributed by atoms with E-state index in [1.807, 2.05) is 18.2 Å². The third-order valence-corrected chi connectivity index (χ3v) is 3.00. The minimum absolute atomic E-state index is 0.325. The zero-order valence-corrected chi connectivity index (χ0v) is 11.6. The number of benzene rings is 1. The van der Waals surface area contributed by atoms with E-state index in [0.29, 0.717) is 17.9 Å². The van der Waals surface area contributed by atoms with E-state index in [4.69, 9.17) is 4.74 Å². The van der Waals surface area contributed by atoms with Gasteiger partial charge in [-0.05, 0) is 30.2 Å². The number of hydrogen-bond donors (Lipinski definition) is 1. The van der Waals surface area contributed by atoms with Crippen LogP contribution in [-0.4, -0.2) is 18.0 Å². The summed E-state index contributed by atoms with van der Waals surface area (Å²) in [6.07, 6.45) is 3.63. The Kier molecular flexibility index (Phi) is 4.89. The standard InChI is InChI=1S/C16H15N3O2/c1-21-15-7-3-2-6-14(15)19-16(20)13(10-17)9-12-5-4-8-18-11-12/h2-8,11,13H,9H2,1H3,(H,19,20)/t13-/m1/s1. The van der Waals surface area contributed by atoms with E-state index in [2.05, 4.69) is 10.3 Å². The molecule has 1 aromatic heterocycles. The van der Waals surface area contributed by atoms with Crippen molar-refractivity contribution in [1.82, 2.24) is 4.98 Å². The molecule has 0 aliphatic carbocycles. The highest BCUT2D eigenvalue weighted by Gasteiger charge is 2.19. The van der Waals surface area contributed by atoms with Gasteiger partial charge in [-0.15, -0.1) is 0 Å². The summed E-state index contributed by atoms with van der Waals surface area (Å²) in [6, 6.07) is 12.7. The Bertz CT molecular complexity index is 650. The Hall–Kier alpha value is -2.87. The number of amides is 1. The van der Waals surface area contributed by atoms with Crippen molar-refractivity contribution in [1.29, 1.82) is 5.26 Å². The topological polar surface area (TPSA) is 75.0 Å². The normalized spacial score (nSPS) is 11.2. The lowest BCUT2D eigenvalue weighted by atomic mass is 10.0. The monoisotopic (exact) mass is 281 g/mol. The second-order valence-electron chi connectivity index (χ2n) is 4.44. The van der Waals surface area contributed by atoms with Crippen molar-refractivity contribution >= 4 is 11.6 Å². The minimum atomic E-state index is -0.779. The number of nitriles is 1. The number of aromatic nitrogens is 1. The summed E-state index contributed by atoms with van der Waals surface area (Å²) < 4.78 is 5.17. The molecule has 2 aromatic rings. The number of anilines is 1. The van der Waals surface area contributed by atoms with Crippen LogP contribution in [0.4, 0.5) is 5.69 Å². The number of nitrogens with zero attached hydrogens (tertiary/aromatic N) is 2. The second kappa shape index (κ2) is 7.06. The van der Waals surface area contributed by atoms with Gasteiger partial charge in [0, 0.05) is 12.4 Å². The smallest absolute Gasteiger partial charge is 0.242 e. The van der Waals surface area contributed by atoms with Crippen LogP contribution in [0.3, 0.4) is 0 Å². The maximum atomic E-state index is 12.2. The Balaban J connectivity index is 2.09. The summed E-state index contributed by atoms with van der Waals surface area (Å²) in [5.41, 5.74) is 1.40. The number of nitrogens with one attached hydrogen (secondary N) is 1. The third kappa shape index (κ3) is 3.80. The van der Waals surface area contributed by atoms with Crippen molar-refractivity contribution in [2.45, 2.75) is 6.42 Å². The number of hydrogen-bond acceptors (Lipinski definition) is 4. The number of methoxy groups -OCH3 is 1. The Morgan fingerprint density at radius 2 is 2.19 bits per heavy atom. The average molecular weight is 281 g/mol. The van der Waals surface area contributed by atoms with Gasteiger partial charge in [-0.3, -0.25) is 9.78 Å². The van der Waals surface area contributed by atoms with Crippen molar-refractivity contribution in [3.63, 3.8) is 0 Å². The third-order valence-electron chi connectivity index (χ3n) is 3.00. The molecule has 0 aliphatic heterocycles. The molecule has 0 bridgehead atoms. The Morgan fingerprint density at radius 3 is 2.86 bits per heavy atom. The molecule has 1 aromatic carbocycles. The Labute approximate surface area is 123 Å². The molecule has 0 saturated heterocycles. The molecule has 5 nitrogen and oxygen atoms in total. The van der Waals surface area contributed by atoms with E-state index in [1.54, 1.807) is 36.7 Å². The maximum Gasteiger partial charge on any atom is 0.242 e. The summed E-state index contributed by atoms with van der Waals surface area (Å²) in [4.78, 5) is 16.2. The second-order valence-corrected chi connectivity index (χ2v) is 4.44. The highest BCUT2D eigenvalue weighted by molar-refractivity contribution is 5.95. The predicted molar refractivity (Wildman–Crippen MR) is 78.7 cm³/mol. The molecule has 0 aliphatic rings. The van der Waals surface area contributed by atoms with Gasteiger partial charge in [0.05, 0.1) is 18.9 Å². The fraction of sp³-hybridized carbons (Fsp3) is 0.188. The van der Waals surface area contributed by atoms with Gasteiger partial charge in [0.15, 0.2) is 0 Å². The lowest BCUT2D eigenvalue weighted by Crippen LogP contribution is -2.23. The molecule has 2 rings (SSSR count). The summed E-state index contributed by atoms with van der Waals surface area (Å²) in [7, 11) is 1.53. The molecule has 0 spiro atoms. The van der Waals surface area contributed by atoms with Gasteiger partial charge in [0.2, 0.25) is 5.91 Å². The van der Waals surface area contributed by atoms with E-state index in [1.165, 1.54) is 7.11 Å².